The van der Waals surface area contributed by atoms with Crippen molar-refractivity contribution < 1.29 is 4.52 Å². The van der Waals surface area contributed by atoms with Crippen LogP contribution in [0, 0.1) is 17.8 Å². The van der Waals surface area contributed by atoms with Crippen molar-refractivity contribution in [1.82, 2.24) is 34.6 Å². The van der Waals surface area contributed by atoms with Crippen LogP contribution in [0.1, 0.15) is 89.7 Å². The highest BCUT2D eigenvalue weighted by Crippen LogP contribution is 2.43. The average Bonchev–Trinajstić information content (AvgIpc) is 3.60. The summed E-state index contributed by atoms with van der Waals surface area (Å²) in [7, 11) is 0. The first kappa shape index (κ1) is 27.8. The fraction of sp³-hybridized carbons (Fsp3) is 0.562. The second-order valence-electron chi connectivity index (χ2n) is 12.8. The van der Waals surface area contributed by atoms with E-state index in [9.17, 15) is 4.79 Å². The molecule has 0 spiro atoms. The van der Waals surface area contributed by atoms with Crippen LogP contribution in [-0.4, -0.2) is 47.2 Å². The number of nitrogens with one attached hydrogen (secondary N) is 2. The molecule has 7 rings (SSSR count). The van der Waals surface area contributed by atoms with Crippen LogP contribution in [0.4, 0.5) is 11.8 Å². The van der Waals surface area contributed by atoms with Gasteiger partial charge in [0.25, 0.3) is 0 Å². The van der Waals surface area contributed by atoms with Crippen molar-refractivity contribution in [2.75, 3.05) is 16.8 Å². The van der Waals surface area contributed by atoms with Crippen LogP contribution in [-0.2, 0) is 0 Å². The van der Waals surface area contributed by atoms with Crippen LogP contribution < -0.4 is 16.0 Å². The summed E-state index contributed by atoms with van der Waals surface area (Å²) in [5, 5.41) is 7.63. The van der Waals surface area contributed by atoms with Gasteiger partial charge >= 0.3 is 5.76 Å². The third-order valence-electron chi connectivity index (χ3n) is 9.97. The number of hydrogen-bond donors (Lipinski definition) is 2. The van der Waals surface area contributed by atoms with Gasteiger partial charge in [-0.15, -0.1) is 0 Å². The van der Waals surface area contributed by atoms with Gasteiger partial charge in [-0.25, -0.2) is 14.8 Å². The van der Waals surface area contributed by atoms with Crippen molar-refractivity contribution >= 4 is 28.6 Å². The van der Waals surface area contributed by atoms with Gasteiger partial charge in [0.15, 0.2) is 11.5 Å². The molecule has 4 aromatic rings. The van der Waals surface area contributed by atoms with Gasteiger partial charge in [-0.3, -0.25) is 19.1 Å². The number of anilines is 2. The number of piperidine rings is 1. The van der Waals surface area contributed by atoms with Crippen molar-refractivity contribution in [1.29, 1.82) is 0 Å². The van der Waals surface area contributed by atoms with Crippen molar-refractivity contribution in [2.24, 2.45) is 17.8 Å². The largest absolute Gasteiger partial charge is 0.439 e. The van der Waals surface area contributed by atoms with Crippen LogP contribution >= 0.6 is 0 Å². The fourth-order valence-corrected chi connectivity index (χ4v) is 7.11. The van der Waals surface area contributed by atoms with Gasteiger partial charge in [0.05, 0.1) is 6.04 Å². The third kappa shape index (κ3) is 5.34. The van der Waals surface area contributed by atoms with Crippen LogP contribution in [0.2, 0.25) is 0 Å². The van der Waals surface area contributed by atoms with E-state index in [1.165, 1.54) is 37.7 Å². The number of nitrogens with zero attached hydrogens (tertiary/aromatic N) is 7. The predicted octanol–water partition coefficient (Wildman–Crippen LogP) is 6.19. The minimum Gasteiger partial charge on any atom is -0.365 e. The summed E-state index contributed by atoms with van der Waals surface area (Å²) in [6.07, 6.45) is 15.3. The van der Waals surface area contributed by atoms with E-state index in [2.05, 4.69) is 49.8 Å². The van der Waals surface area contributed by atoms with Crippen molar-refractivity contribution in [3.63, 3.8) is 0 Å². The number of H-pyrrole nitrogens is 1. The summed E-state index contributed by atoms with van der Waals surface area (Å²) in [5.41, 5.74) is 3.61. The molecule has 1 saturated heterocycles. The maximum Gasteiger partial charge on any atom is 0.439 e. The average molecular weight is 584 g/mol. The topological polar surface area (TPSA) is 131 Å². The molecule has 0 aromatic carbocycles. The van der Waals surface area contributed by atoms with E-state index in [1.807, 2.05) is 18.5 Å². The highest BCUT2D eigenvalue weighted by Gasteiger charge is 2.34. The summed E-state index contributed by atoms with van der Waals surface area (Å²) in [4.78, 5) is 36.4. The zero-order valence-corrected chi connectivity index (χ0v) is 25.1. The Hall–Kier alpha value is -4.02. The molecule has 1 unspecified atom stereocenters. The molecule has 5 heterocycles. The Labute approximate surface area is 251 Å². The third-order valence-corrected chi connectivity index (χ3v) is 9.97. The van der Waals surface area contributed by atoms with Crippen molar-refractivity contribution in [3.8, 4) is 11.6 Å². The quantitative estimate of drug-likeness (QED) is 0.249. The van der Waals surface area contributed by atoms with Gasteiger partial charge in [-0.2, -0.15) is 4.98 Å². The lowest BCUT2D eigenvalue weighted by molar-refractivity contribution is 0.285. The molecule has 226 valence electrons. The number of hydrogen-bond acceptors (Lipinski definition) is 9. The Morgan fingerprint density at radius 2 is 1.93 bits per heavy atom. The number of aromatic amines is 1. The molecule has 11 heteroatoms. The number of imidazole rings is 1. The Morgan fingerprint density at radius 1 is 1.09 bits per heavy atom. The van der Waals surface area contributed by atoms with E-state index in [-0.39, 0.29) is 23.7 Å². The molecule has 0 radical (unpaired) electrons. The number of rotatable bonds is 8. The predicted molar refractivity (Wildman–Crippen MR) is 166 cm³/mol. The van der Waals surface area contributed by atoms with E-state index in [0.29, 0.717) is 23.3 Å². The molecule has 1 aliphatic heterocycles. The van der Waals surface area contributed by atoms with E-state index >= 15 is 0 Å². The molecular weight excluding hydrogens is 542 g/mol. The highest BCUT2D eigenvalue weighted by molar-refractivity contribution is 5.91. The minimum absolute atomic E-state index is 0.141. The maximum absolute atomic E-state index is 11.8. The molecule has 0 amide bonds. The highest BCUT2D eigenvalue weighted by atomic mass is 16.5. The Morgan fingerprint density at radius 3 is 2.63 bits per heavy atom. The number of allylic oxidation sites excluding steroid dienone is 1. The smallest absolute Gasteiger partial charge is 0.365 e. The van der Waals surface area contributed by atoms with Gasteiger partial charge in [-0.05, 0) is 81.3 Å². The van der Waals surface area contributed by atoms with E-state index < -0.39 is 5.76 Å². The summed E-state index contributed by atoms with van der Waals surface area (Å²) in [5.74, 6) is 3.00. The molecule has 2 N–H and O–H groups in total. The Balaban J connectivity index is 1.41. The lowest BCUT2D eigenvalue weighted by atomic mass is 9.80. The van der Waals surface area contributed by atoms with Gasteiger partial charge in [0, 0.05) is 30.7 Å². The first-order valence-electron chi connectivity index (χ1n) is 16.0. The fourth-order valence-electron chi connectivity index (χ4n) is 7.11. The second-order valence-corrected chi connectivity index (χ2v) is 12.8. The first-order chi connectivity index (χ1) is 21.0. The second kappa shape index (κ2) is 11.6. The van der Waals surface area contributed by atoms with Gasteiger partial charge in [0.1, 0.15) is 5.52 Å². The molecule has 2 aliphatic carbocycles. The van der Waals surface area contributed by atoms with E-state index in [0.717, 1.165) is 61.7 Å². The summed E-state index contributed by atoms with van der Waals surface area (Å²) in [6.45, 7) is 10.2. The normalized spacial score (nSPS) is 23.7. The SMILES string of the molecule is C=C([C@H]1CC[C@H](C)CC1)n1c(N2CCCCC2c2cccnc2)nc2nc(-c3noc(=O)[nH]3)nc(N[C@H](C)C3CCC3)c21. The number of fused-ring (bicyclic) bond motifs is 1. The number of pyridine rings is 1. The summed E-state index contributed by atoms with van der Waals surface area (Å²) >= 11 is 0. The molecule has 3 fully saturated rings. The molecular formula is C32H41N9O2. The Bertz CT molecular complexity index is 1650. The summed E-state index contributed by atoms with van der Waals surface area (Å²) < 4.78 is 7.06. The standard InChI is InChI=1S/C32H41N9O2/c1-19-12-14-23(15-13-19)21(3)41-26-27(34-20(2)22-8-6-9-22)35-29(30-38-32(42)43-39-30)36-28(26)37-31(41)40-17-5-4-11-25(40)24-10-7-16-33-18-24/h7,10,16,18-20,22-23,25H,3-6,8-9,11-15,17H2,1-2H3,(H,34,35,36)(H,38,39,42)/t19-,20-,23-,25?/m1/s1. The molecule has 3 aliphatic rings. The van der Waals surface area contributed by atoms with Gasteiger partial charge in [0.2, 0.25) is 17.6 Å². The zero-order chi connectivity index (χ0) is 29.5. The molecule has 2 atom stereocenters. The van der Waals surface area contributed by atoms with Crippen LogP contribution in [0.3, 0.4) is 0 Å². The molecule has 11 nitrogen and oxygen atoms in total. The van der Waals surface area contributed by atoms with Gasteiger partial charge < -0.3 is 10.2 Å². The lowest BCUT2D eigenvalue weighted by Gasteiger charge is -2.38. The lowest BCUT2D eigenvalue weighted by Crippen LogP contribution is -2.36. The van der Waals surface area contributed by atoms with Gasteiger partial charge in [-0.1, -0.05) is 44.0 Å². The molecule has 2 saturated carbocycles. The molecule has 4 aromatic heterocycles. The monoisotopic (exact) mass is 583 g/mol. The van der Waals surface area contributed by atoms with E-state index in [1.54, 1.807) is 0 Å². The minimum atomic E-state index is -0.644. The summed E-state index contributed by atoms with van der Waals surface area (Å²) in [6, 6.07) is 4.52. The van der Waals surface area contributed by atoms with Crippen LogP contribution in [0.5, 0.6) is 0 Å². The van der Waals surface area contributed by atoms with Crippen molar-refractivity contribution in [2.45, 2.75) is 90.1 Å². The first-order valence-corrected chi connectivity index (χ1v) is 16.0. The Kier molecular flexibility index (Phi) is 7.48. The molecule has 0 bridgehead atoms. The maximum atomic E-state index is 11.8. The number of aromatic nitrogens is 7. The van der Waals surface area contributed by atoms with Crippen LogP contribution in [0.15, 0.2) is 40.4 Å². The molecule has 43 heavy (non-hydrogen) atoms. The van der Waals surface area contributed by atoms with Crippen LogP contribution in [0.25, 0.3) is 28.5 Å². The van der Waals surface area contributed by atoms with E-state index in [4.69, 9.17) is 26.1 Å². The zero-order valence-electron chi connectivity index (χ0n) is 25.1. The van der Waals surface area contributed by atoms with Crippen molar-refractivity contribution in [3.05, 3.63) is 47.2 Å².